The standard InChI is InChI=1S/C11H25NO/c1-9(2)12-8-11(4,5)7-10(3)13-6/h9-10,12H,7-8H2,1-6H3. The molecule has 1 atom stereocenters. The van der Waals surface area contributed by atoms with Crippen molar-refractivity contribution < 1.29 is 4.74 Å². The molecular weight excluding hydrogens is 162 g/mol. The third kappa shape index (κ3) is 7.03. The number of nitrogens with one attached hydrogen (secondary N) is 1. The lowest BCUT2D eigenvalue weighted by Crippen LogP contribution is -2.35. The van der Waals surface area contributed by atoms with E-state index < -0.39 is 0 Å². The molecule has 0 amide bonds. The van der Waals surface area contributed by atoms with Crippen LogP contribution in [0.25, 0.3) is 0 Å². The van der Waals surface area contributed by atoms with Crippen LogP contribution in [0, 0.1) is 5.41 Å². The van der Waals surface area contributed by atoms with Crippen molar-refractivity contribution in [3.63, 3.8) is 0 Å². The Morgan fingerprint density at radius 2 is 1.77 bits per heavy atom. The zero-order valence-corrected chi connectivity index (χ0v) is 9.98. The van der Waals surface area contributed by atoms with Crippen LogP contribution in [-0.2, 0) is 4.74 Å². The van der Waals surface area contributed by atoms with Crippen LogP contribution in [-0.4, -0.2) is 25.8 Å². The van der Waals surface area contributed by atoms with Gasteiger partial charge in [0, 0.05) is 19.7 Å². The van der Waals surface area contributed by atoms with Crippen LogP contribution in [0.2, 0.25) is 0 Å². The maximum absolute atomic E-state index is 5.27. The molecule has 0 bridgehead atoms. The molecular formula is C11H25NO. The average molecular weight is 187 g/mol. The Balaban J connectivity index is 3.79. The predicted octanol–water partition coefficient (Wildman–Crippen LogP) is 2.44. The molecule has 0 aliphatic rings. The van der Waals surface area contributed by atoms with Gasteiger partial charge in [0.05, 0.1) is 6.10 Å². The lowest BCUT2D eigenvalue weighted by atomic mass is 9.87. The Bertz CT molecular complexity index is 132. The monoisotopic (exact) mass is 187 g/mol. The summed E-state index contributed by atoms with van der Waals surface area (Å²) in [4.78, 5) is 0. The molecule has 13 heavy (non-hydrogen) atoms. The van der Waals surface area contributed by atoms with Gasteiger partial charge in [-0.25, -0.2) is 0 Å². The van der Waals surface area contributed by atoms with Gasteiger partial charge in [0.25, 0.3) is 0 Å². The molecule has 2 heteroatoms. The number of methoxy groups -OCH3 is 1. The van der Waals surface area contributed by atoms with Gasteiger partial charge in [0.15, 0.2) is 0 Å². The second-order valence-electron chi connectivity index (χ2n) is 4.95. The van der Waals surface area contributed by atoms with Crippen LogP contribution < -0.4 is 5.32 Å². The minimum absolute atomic E-state index is 0.319. The van der Waals surface area contributed by atoms with E-state index in [4.69, 9.17) is 4.74 Å². The summed E-state index contributed by atoms with van der Waals surface area (Å²) in [6.45, 7) is 12.1. The topological polar surface area (TPSA) is 21.3 Å². The molecule has 0 heterocycles. The van der Waals surface area contributed by atoms with Gasteiger partial charge in [-0.05, 0) is 18.8 Å². The highest BCUT2D eigenvalue weighted by molar-refractivity contribution is 4.75. The summed E-state index contributed by atoms with van der Waals surface area (Å²) in [6, 6.07) is 0.567. The highest BCUT2D eigenvalue weighted by Gasteiger charge is 2.20. The largest absolute Gasteiger partial charge is 0.382 e. The van der Waals surface area contributed by atoms with Gasteiger partial charge in [-0.1, -0.05) is 27.7 Å². The second kappa shape index (κ2) is 5.61. The minimum atomic E-state index is 0.319. The van der Waals surface area contributed by atoms with Gasteiger partial charge in [-0.2, -0.15) is 0 Å². The Morgan fingerprint density at radius 3 is 2.15 bits per heavy atom. The first-order chi connectivity index (χ1) is 5.87. The molecule has 0 aromatic heterocycles. The van der Waals surface area contributed by atoms with Gasteiger partial charge < -0.3 is 10.1 Å². The zero-order valence-electron chi connectivity index (χ0n) is 9.98. The average Bonchev–Trinajstić information content (AvgIpc) is 2.00. The van der Waals surface area contributed by atoms with E-state index in [-0.39, 0.29) is 0 Å². The zero-order chi connectivity index (χ0) is 10.5. The summed E-state index contributed by atoms with van der Waals surface area (Å²) in [5.74, 6) is 0. The summed E-state index contributed by atoms with van der Waals surface area (Å²) >= 11 is 0. The first-order valence-corrected chi connectivity index (χ1v) is 5.13. The number of rotatable bonds is 6. The van der Waals surface area contributed by atoms with E-state index in [2.05, 4.69) is 39.9 Å². The van der Waals surface area contributed by atoms with E-state index in [0.29, 0.717) is 17.6 Å². The van der Waals surface area contributed by atoms with Gasteiger partial charge in [-0.3, -0.25) is 0 Å². The van der Waals surface area contributed by atoms with Crippen molar-refractivity contribution in [2.45, 2.75) is 53.2 Å². The van der Waals surface area contributed by atoms with E-state index >= 15 is 0 Å². The molecule has 0 saturated heterocycles. The van der Waals surface area contributed by atoms with Gasteiger partial charge in [-0.15, -0.1) is 0 Å². The molecule has 0 aromatic carbocycles. The van der Waals surface area contributed by atoms with Crippen LogP contribution in [0.3, 0.4) is 0 Å². The van der Waals surface area contributed by atoms with Crippen molar-refractivity contribution in [3.8, 4) is 0 Å². The summed E-state index contributed by atoms with van der Waals surface area (Å²) < 4.78 is 5.27. The highest BCUT2D eigenvalue weighted by Crippen LogP contribution is 2.22. The Morgan fingerprint density at radius 1 is 1.23 bits per heavy atom. The van der Waals surface area contributed by atoms with Crippen molar-refractivity contribution in [3.05, 3.63) is 0 Å². The molecule has 0 aliphatic heterocycles. The summed E-state index contributed by atoms with van der Waals surface area (Å²) in [6.07, 6.45) is 1.45. The van der Waals surface area contributed by atoms with Crippen LogP contribution >= 0.6 is 0 Å². The molecule has 2 nitrogen and oxygen atoms in total. The molecule has 0 aromatic rings. The van der Waals surface area contributed by atoms with Gasteiger partial charge in [0.2, 0.25) is 0 Å². The van der Waals surface area contributed by atoms with Crippen molar-refractivity contribution in [1.82, 2.24) is 5.32 Å². The number of hydrogen-bond acceptors (Lipinski definition) is 2. The SMILES string of the molecule is COC(C)CC(C)(C)CNC(C)C. The fourth-order valence-corrected chi connectivity index (χ4v) is 1.41. The Hall–Kier alpha value is -0.0800. The molecule has 0 saturated carbocycles. The maximum atomic E-state index is 5.27. The Labute approximate surface area is 83.1 Å². The molecule has 0 fully saturated rings. The van der Waals surface area contributed by atoms with E-state index in [1.807, 2.05) is 0 Å². The van der Waals surface area contributed by atoms with Crippen LogP contribution in [0.5, 0.6) is 0 Å². The lowest BCUT2D eigenvalue weighted by Gasteiger charge is -2.28. The predicted molar refractivity (Wildman–Crippen MR) is 58.0 cm³/mol. The summed E-state index contributed by atoms with van der Waals surface area (Å²) in [7, 11) is 1.77. The first-order valence-electron chi connectivity index (χ1n) is 5.13. The molecule has 0 aliphatic carbocycles. The Kier molecular flexibility index (Phi) is 5.57. The number of ether oxygens (including phenoxy) is 1. The lowest BCUT2D eigenvalue weighted by molar-refractivity contribution is 0.0746. The molecule has 0 rings (SSSR count). The van der Waals surface area contributed by atoms with Crippen molar-refractivity contribution in [2.24, 2.45) is 5.41 Å². The third-order valence-electron chi connectivity index (χ3n) is 2.23. The van der Waals surface area contributed by atoms with Gasteiger partial charge in [0.1, 0.15) is 0 Å². The molecule has 0 radical (unpaired) electrons. The smallest absolute Gasteiger partial charge is 0.0548 e. The van der Waals surface area contributed by atoms with Crippen molar-refractivity contribution >= 4 is 0 Å². The van der Waals surface area contributed by atoms with Crippen molar-refractivity contribution in [2.75, 3.05) is 13.7 Å². The molecule has 80 valence electrons. The third-order valence-corrected chi connectivity index (χ3v) is 2.23. The van der Waals surface area contributed by atoms with E-state index in [1.165, 1.54) is 0 Å². The molecule has 1 unspecified atom stereocenters. The summed E-state index contributed by atoms with van der Waals surface area (Å²) in [5, 5.41) is 3.46. The summed E-state index contributed by atoms with van der Waals surface area (Å²) in [5.41, 5.74) is 0.319. The first kappa shape index (κ1) is 12.9. The van der Waals surface area contributed by atoms with Crippen LogP contribution in [0.1, 0.15) is 41.0 Å². The molecule has 0 spiro atoms. The van der Waals surface area contributed by atoms with E-state index in [9.17, 15) is 0 Å². The maximum Gasteiger partial charge on any atom is 0.0548 e. The minimum Gasteiger partial charge on any atom is -0.382 e. The van der Waals surface area contributed by atoms with Crippen molar-refractivity contribution in [1.29, 1.82) is 0 Å². The van der Waals surface area contributed by atoms with Crippen LogP contribution in [0.4, 0.5) is 0 Å². The second-order valence-corrected chi connectivity index (χ2v) is 4.95. The fourth-order valence-electron chi connectivity index (χ4n) is 1.41. The highest BCUT2D eigenvalue weighted by atomic mass is 16.5. The van der Waals surface area contributed by atoms with Gasteiger partial charge >= 0.3 is 0 Å². The number of hydrogen-bond donors (Lipinski definition) is 1. The fraction of sp³-hybridized carbons (Fsp3) is 1.00. The van der Waals surface area contributed by atoms with Crippen LogP contribution in [0.15, 0.2) is 0 Å². The quantitative estimate of drug-likeness (QED) is 0.689. The molecule has 1 N–H and O–H groups in total. The van der Waals surface area contributed by atoms with E-state index in [1.54, 1.807) is 7.11 Å². The normalized spacial score (nSPS) is 15.0. The van der Waals surface area contributed by atoms with E-state index in [0.717, 1.165) is 13.0 Å².